The Morgan fingerprint density at radius 2 is 2.08 bits per heavy atom. The van der Waals surface area contributed by atoms with E-state index in [-0.39, 0.29) is 53.1 Å². The van der Waals surface area contributed by atoms with Crippen molar-refractivity contribution in [1.29, 1.82) is 0 Å². The summed E-state index contributed by atoms with van der Waals surface area (Å²) in [7, 11) is 0. The van der Waals surface area contributed by atoms with Crippen molar-refractivity contribution in [2.24, 2.45) is 5.92 Å². The van der Waals surface area contributed by atoms with Crippen LogP contribution in [0.25, 0.3) is 5.57 Å². The molecule has 0 aromatic heterocycles. The van der Waals surface area contributed by atoms with Crippen LogP contribution in [0, 0.1) is 5.92 Å². The zero-order valence-electron chi connectivity index (χ0n) is 14.0. The summed E-state index contributed by atoms with van der Waals surface area (Å²) in [6, 6.07) is 6.37. The molecule has 3 atom stereocenters. The second-order valence-electron chi connectivity index (χ2n) is 6.32. The maximum absolute atomic E-state index is 12.2. The molecule has 0 saturated carbocycles. The third kappa shape index (κ3) is 3.32. The molecule has 2 amide bonds. The number of nitrogens with zero attached hydrogens (tertiary/aromatic N) is 1. The minimum atomic E-state index is -1.18. The monoisotopic (exact) mass is 368 g/mol. The van der Waals surface area contributed by atoms with E-state index in [2.05, 4.69) is 5.32 Å². The van der Waals surface area contributed by atoms with Crippen LogP contribution in [0.1, 0.15) is 36.2 Å². The fourth-order valence-electron chi connectivity index (χ4n) is 3.64. The van der Waals surface area contributed by atoms with E-state index in [1.54, 1.807) is 24.3 Å². The molecule has 1 aromatic carbocycles. The number of fused-ring (bicyclic) bond motifs is 1. The van der Waals surface area contributed by atoms with E-state index in [4.69, 9.17) is 0 Å². The molecular weight excluding hydrogens is 347 g/mol. The van der Waals surface area contributed by atoms with Crippen LogP contribution in [-0.2, 0) is 9.59 Å². The van der Waals surface area contributed by atoms with Gasteiger partial charge in [-0.1, -0.05) is 12.1 Å². The summed E-state index contributed by atoms with van der Waals surface area (Å²) in [6.07, 6.45) is -0.480. The van der Waals surface area contributed by atoms with Crippen LogP contribution >= 0.6 is 0 Å². The molecule has 7 nitrogen and oxygen atoms in total. The third-order valence-corrected chi connectivity index (χ3v) is 4.74. The molecule has 0 radical (unpaired) electrons. The maximum atomic E-state index is 12.2. The molecule has 2 heterocycles. The molecule has 1 fully saturated rings. The first-order chi connectivity index (χ1) is 11.9. The average Bonchev–Trinajstić information content (AvgIpc) is 2.90. The topological polar surface area (TPSA) is 107 Å². The summed E-state index contributed by atoms with van der Waals surface area (Å²) in [6.45, 7) is 3.84. The summed E-state index contributed by atoms with van der Waals surface area (Å²) in [5.74, 6) is -2.37. The van der Waals surface area contributed by atoms with E-state index in [0.717, 1.165) is 0 Å². The summed E-state index contributed by atoms with van der Waals surface area (Å²) in [5, 5.41) is 22.1. The Bertz CT molecular complexity index is 790. The van der Waals surface area contributed by atoms with Crippen molar-refractivity contribution in [3.63, 3.8) is 0 Å². The second-order valence-corrected chi connectivity index (χ2v) is 6.32. The first-order valence-electron chi connectivity index (χ1n) is 8.23. The number of carboxylic acids is 1. The van der Waals surface area contributed by atoms with Crippen molar-refractivity contribution in [2.45, 2.75) is 32.4 Å². The van der Waals surface area contributed by atoms with E-state index in [0.29, 0.717) is 29.7 Å². The zero-order chi connectivity index (χ0) is 18.3. The molecule has 134 valence electrons. The fourth-order valence-corrected chi connectivity index (χ4v) is 3.64. The number of β-lactam (4-membered cyclic amide) rings is 1. The predicted molar refractivity (Wildman–Crippen MR) is 96.6 cm³/mol. The molecule has 8 heteroatoms. The second kappa shape index (κ2) is 7.92. The van der Waals surface area contributed by atoms with Gasteiger partial charge in [0, 0.05) is 12.1 Å². The summed E-state index contributed by atoms with van der Waals surface area (Å²) >= 11 is 0. The van der Waals surface area contributed by atoms with Gasteiger partial charge in [-0.25, -0.2) is 4.79 Å². The number of rotatable bonds is 5. The first kappa shape index (κ1) is 20.6. The number of carbonyl (C=O) groups excluding carboxylic acids is 2. The van der Waals surface area contributed by atoms with Crippen molar-refractivity contribution < 1.29 is 24.6 Å². The van der Waals surface area contributed by atoms with E-state index < -0.39 is 18.0 Å². The van der Waals surface area contributed by atoms with Gasteiger partial charge in [0.05, 0.1) is 18.1 Å². The molecule has 2 aliphatic heterocycles. The van der Waals surface area contributed by atoms with E-state index in [1.165, 1.54) is 11.8 Å². The van der Waals surface area contributed by atoms with Gasteiger partial charge in [0.25, 0.3) is 5.91 Å². The summed E-state index contributed by atoms with van der Waals surface area (Å²) < 4.78 is 0. The number of aliphatic hydroxyl groups is 1. The Morgan fingerprint density at radius 1 is 1.38 bits per heavy atom. The van der Waals surface area contributed by atoms with Crippen LogP contribution in [0.2, 0.25) is 0 Å². The van der Waals surface area contributed by atoms with Crippen molar-refractivity contribution in [2.75, 3.05) is 6.54 Å². The number of aliphatic carboxylic acids is 1. The van der Waals surface area contributed by atoms with Crippen molar-refractivity contribution in [3.05, 3.63) is 41.1 Å². The molecule has 3 N–H and O–H groups in total. The predicted octanol–water partition coefficient (Wildman–Crippen LogP) is 0.195. The molecule has 0 spiro atoms. The molecule has 1 aromatic rings. The standard InChI is InChI=1S/C18H20N2O5.Na.H/c1-3-19-16(22)11-6-4-5-10(7-11)12-8-13-14(9(2)21)17(23)20(13)15(12)18(24)25;;/h4-7,9,13-14,21H,3,8H2,1-2H3,(H,19,22)(H,24,25);;/t9-,13-,14-;;/m1../s1. The molecular formula is C18H21N2NaO5. The number of aliphatic hydroxyl groups excluding tert-OH is 1. The average molecular weight is 368 g/mol. The SMILES string of the molecule is CCNC(=O)c1cccc(C2=C(C(=O)O)N3C(=O)[C@H]([C@@H](C)O)[C@H]3C2)c1.[NaH]. The number of benzene rings is 1. The number of carbonyl (C=O) groups is 3. The zero-order valence-corrected chi connectivity index (χ0v) is 14.0. The van der Waals surface area contributed by atoms with Gasteiger partial charge in [0.2, 0.25) is 5.91 Å². The van der Waals surface area contributed by atoms with Crippen LogP contribution in [0.3, 0.4) is 0 Å². The van der Waals surface area contributed by atoms with Crippen LogP contribution in [0.15, 0.2) is 30.0 Å². The molecule has 26 heavy (non-hydrogen) atoms. The molecule has 1 saturated heterocycles. The van der Waals surface area contributed by atoms with Crippen molar-refractivity contribution in [3.8, 4) is 0 Å². The van der Waals surface area contributed by atoms with Gasteiger partial charge in [-0.05, 0) is 43.5 Å². The Kier molecular flexibility index (Phi) is 6.29. The first-order valence-corrected chi connectivity index (χ1v) is 8.23. The third-order valence-electron chi connectivity index (χ3n) is 4.74. The van der Waals surface area contributed by atoms with Gasteiger partial charge in [0.15, 0.2) is 0 Å². The number of nitrogens with one attached hydrogen (secondary N) is 1. The van der Waals surface area contributed by atoms with Gasteiger partial charge >= 0.3 is 35.5 Å². The van der Waals surface area contributed by atoms with E-state index in [9.17, 15) is 24.6 Å². The minimum absolute atomic E-state index is 0. The van der Waals surface area contributed by atoms with Crippen LogP contribution in [0.4, 0.5) is 0 Å². The number of hydrogen-bond acceptors (Lipinski definition) is 4. The van der Waals surface area contributed by atoms with Crippen LogP contribution < -0.4 is 5.32 Å². The van der Waals surface area contributed by atoms with Crippen LogP contribution in [0.5, 0.6) is 0 Å². The Balaban J connectivity index is 0.00000243. The number of hydrogen-bond donors (Lipinski definition) is 3. The van der Waals surface area contributed by atoms with Gasteiger partial charge in [0.1, 0.15) is 5.70 Å². The van der Waals surface area contributed by atoms with Crippen molar-refractivity contribution in [1.82, 2.24) is 10.2 Å². The number of carboxylic acid groups (broad SMARTS) is 1. The number of amides is 2. The quantitative estimate of drug-likeness (QED) is 0.508. The van der Waals surface area contributed by atoms with Gasteiger partial charge in [-0.15, -0.1) is 0 Å². The molecule has 2 aliphatic rings. The van der Waals surface area contributed by atoms with E-state index in [1.807, 2.05) is 6.92 Å². The summed E-state index contributed by atoms with van der Waals surface area (Å²) in [4.78, 5) is 37.2. The Labute approximate surface area is 173 Å². The van der Waals surface area contributed by atoms with Gasteiger partial charge < -0.3 is 20.4 Å². The molecule has 0 aliphatic carbocycles. The molecule has 0 unspecified atom stereocenters. The van der Waals surface area contributed by atoms with Crippen molar-refractivity contribution >= 4 is 52.9 Å². The van der Waals surface area contributed by atoms with Gasteiger partial charge in [-0.2, -0.15) is 0 Å². The van der Waals surface area contributed by atoms with Crippen LogP contribution in [-0.4, -0.2) is 81.1 Å². The fraction of sp³-hybridized carbons (Fsp3) is 0.389. The normalized spacial score (nSPS) is 22.3. The van der Waals surface area contributed by atoms with Gasteiger partial charge in [-0.3, -0.25) is 9.59 Å². The Hall–Kier alpha value is -1.67. The summed E-state index contributed by atoms with van der Waals surface area (Å²) in [5.41, 5.74) is 1.50. The van der Waals surface area contributed by atoms with E-state index >= 15 is 0 Å². The molecule has 3 rings (SSSR count). The molecule has 0 bridgehead atoms. The Morgan fingerprint density at radius 3 is 2.65 bits per heavy atom.